The number of carbonyl (C=O) groups excluding carboxylic acids is 1. The molecule has 3 heteroatoms. The average molecular weight is 319 g/mol. The van der Waals surface area contributed by atoms with Crippen LogP contribution < -0.4 is 4.74 Å². The highest BCUT2D eigenvalue weighted by Gasteiger charge is 2.15. The molecule has 0 aliphatic rings. The Hall–Kier alpha value is -1.51. The molecule has 3 nitrogen and oxygen atoms in total. The Morgan fingerprint density at radius 1 is 1.17 bits per heavy atom. The largest absolute Gasteiger partial charge is 0.497 e. The molecule has 0 saturated heterocycles. The summed E-state index contributed by atoms with van der Waals surface area (Å²) in [7, 11) is 1.68. The van der Waals surface area contributed by atoms with E-state index in [0.717, 1.165) is 50.9 Å². The number of amides is 1. The average Bonchev–Trinajstić information content (AvgIpc) is 2.58. The van der Waals surface area contributed by atoms with Gasteiger partial charge in [-0.25, -0.2) is 0 Å². The highest BCUT2D eigenvalue weighted by Crippen LogP contribution is 2.14. The molecule has 1 aromatic rings. The minimum Gasteiger partial charge on any atom is -0.497 e. The number of hydrogen-bond acceptors (Lipinski definition) is 2. The number of rotatable bonds is 11. The van der Waals surface area contributed by atoms with Gasteiger partial charge in [0.15, 0.2) is 0 Å². The first kappa shape index (κ1) is 19.5. The molecule has 0 fully saturated rings. The van der Waals surface area contributed by atoms with Crippen molar-refractivity contribution < 1.29 is 9.53 Å². The number of aryl methyl sites for hydroxylation is 1. The zero-order chi connectivity index (χ0) is 17.1. The van der Waals surface area contributed by atoms with Crippen molar-refractivity contribution in [3.63, 3.8) is 0 Å². The van der Waals surface area contributed by atoms with E-state index in [4.69, 9.17) is 4.74 Å². The Kier molecular flexibility index (Phi) is 9.42. The van der Waals surface area contributed by atoms with Crippen LogP contribution >= 0.6 is 0 Å². The van der Waals surface area contributed by atoms with Crippen molar-refractivity contribution in [2.24, 2.45) is 5.92 Å². The third-order valence-corrected chi connectivity index (χ3v) is 4.38. The summed E-state index contributed by atoms with van der Waals surface area (Å²) in [6, 6.07) is 8.12. The van der Waals surface area contributed by atoms with E-state index in [1.165, 1.54) is 5.56 Å². The van der Waals surface area contributed by atoms with Crippen LogP contribution in [0.5, 0.6) is 5.75 Å². The molecule has 1 aromatic carbocycles. The molecule has 0 radical (unpaired) electrons. The van der Waals surface area contributed by atoms with Gasteiger partial charge in [0.2, 0.25) is 5.91 Å². The first-order valence-electron chi connectivity index (χ1n) is 9.01. The molecule has 0 bridgehead atoms. The maximum Gasteiger partial charge on any atom is 0.222 e. The lowest BCUT2D eigenvalue weighted by Gasteiger charge is -2.25. The smallest absolute Gasteiger partial charge is 0.222 e. The van der Waals surface area contributed by atoms with E-state index >= 15 is 0 Å². The molecule has 0 heterocycles. The summed E-state index contributed by atoms with van der Waals surface area (Å²) in [5.74, 6) is 1.77. The zero-order valence-corrected chi connectivity index (χ0v) is 15.3. The molecule has 1 rings (SSSR count). The van der Waals surface area contributed by atoms with Crippen LogP contribution in [0.3, 0.4) is 0 Å². The van der Waals surface area contributed by atoms with E-state index < -0.39 is 0 Å². The van der Waals surface area contributed by atoms with Gasteiger partial charge >= 0.3 is 0 Å². The quantitative estimate of drug-likeness (QED) is 0.592. The normalized spacial score (nSPS) is 12.0. The molecule has 1 atom stereocenters. The van der Waals surface area contributed by atoms with Gasteiger partial charge in [0.05, 0.1) is 7.11 Å². The molecular formula is C20H33NO2. The Bertz CT molecular complexity index is 441. The predicted octanol–water partition coefficient (Wildman–Crippen LogP) is 4.69. The van der Waals surface area contributed by atoms with E-state index in [1.54, 1.807) is 7.11 Å². The number of unbranched alkanes of at least 4 members (excludes halogenated alkanes) is 1. The second-order valence-corrected chi connectivity index (χ2v) is 6.41. The van der Waals surface area contributed by atoms with Gasteiger partial charge in [-0.1, -0.05) is 45.7 Å². The van der Waals surface area contributed by atoms with Crippen LogP contribution in [0.1, 0.15) is 58.4 Å². The number of ether oxygens (including phenoxy) is 1. The highest BCUT2D eigenvalue weighted by atomic mass is 16.5. The van der Waals surface area contributed by atoms with Gasteiger partial charge in [-0.15, -0.1) is 0 Å². The summed E-state index contributed by atoms with van der Waals surface area (Å²) in [5.41, 5.74) is 1.26. The van der Waals surface area contributed by atoms with Crippen molar-refractivity contribution >= 4 is 5.91 Å². The molecule has 0 aliphatic carbocycles. The van der Waals surface area contributed by atoms with Crippen molar-refractivity contribution in [2.45, 2.75) is 59.3 Å². The molecule has 130 valence electrons. The molecule has 0 aliphatic heterocycles. The van der Waals surface area contributed by atoms with Crippen molar-refractivity contribution in [1.82, 2.24) is 4.90 Å². The summed E-state index contributed by atoms with van der Waals surface area (Å²) in [5, 5.41) is 0. The van der Waals surface area contributed by atoms with Gasteiger partial charge in [0.25, 0.3) is 0 Å². The summed E-state index contributed by atoms with van der Waals surface area (Å²) in [6.07, 6.45) is 5.86. The van der Waals surface area contributed by atoms with Crippen molar-refractivity contribution in [3.8, 4) is 5.75 Å². The molecule has 0 saturated carbocycles. The zero-order valence-electron chi connectivity index (χ0n) is 15.3. The standard InChI is InChI=1S/C20H33NO2/c1-5-7-15-21(16-17(3)6-2)20(22)10-8-9-18-11-13-19(23-4)14-12-18/h11-14,17H,5-10,15-16H2,1-4H3. The summed E-state index contributed by atoms with van der Waals surface area (Å²) < 4.78 is 5.17. The van der Waals surface area contributed by atoms with Crippen molar-refractivity contribution in [1.29, 1.82) is 0 Å². The first-order chi connectivity index (χ1) is 11.1. The third kappa shape index (κ3) is 7.54. The fourth-order valence-corrected chi connectivity index (χ4v) is 2.57. The summed E-state index contributed by atoms with van der Waals surface area (Å²) in [6.45, 7) is 8.40. The molecule has 1 unspecified atom stereocenters. The Morgan fingerprint density at radius 2 is 1.87 bits per heavy atom. The van der Waals surface area contributed by atoms with Gasteiger partial charge in [-0.2, -0.15) is 0 Å². The van der Waals surface area contributed by atoms with E-state index in [9.17, 15) is 4.79 Å². The highest BCUT2D eigenvalue weighted by molar-refractivity contribution is 5.76. The minimum absolute atomic E-state index is 0.312. The maximum atomic E-state index is 12.5. The lowest BCUT2D eigenvalue weighted by Crippen LogP contribution is -2.35. The van der Waals surface area contributed by atoms with Crippen molar-refractivity contribution in [2.75, 3.05) is 20.2 Å². The van der Waals surface area contributed by atoms with E-state index in [-0.39, 0.29) is 0 Å². The Morgan fingerprint density at radius 3 is 2.43 bits per heavy atom. The molecule has 0 N–H and O–H groups in total. The van der Waals surface area contributed by atoms with Crippen LogP contribution in [-0.2, 0) is 11.2 Å². The molecule has 0 spiro atoms. The first-order valence-corrected chi connectivity index (χ1v) is 9.01. The minimum atomic E-state index is 0.312. The van der Waals surface area contributed by atoms with Crippen LogP contribution in [0.25, 0.3) is 0 Å². The maximum absolute atomic E-state index is 12.5. The number of methoxy groups -OCH3 is 1. The van der Waals surface area contributed by atoms with Crippen LogP contribution in [0.2, 0.25) is 0 Å². The number of nitrogens with zero attached hydrogens (tertiary/aromatic N) is 1. The molecule has 0 aromatic heterocycles. The van der Waals surface area contributed by atoms with Gasteiger partial charge in [0.1, 0.15) is 5.75 Å². The van der Waals surface area contributed by atoms with Crippen LogP contribution in [-0.4, -0.2) is 31.0 Å². The second-order valence-electron chi connectivity index (χ2n) is 6.41. The predicted molar refractivity (Wildman–Crippen MR) is 96.9 cm³/mol. The fourth-order valence-electron chi connectivity index (χ4n) is 2.57. The monoisotopic (exact) mass is 319 g/mol. The Balaban J connectivity index is 2.43. The van der Waals surface area contributed by atoms with Crippen molar-refractivity contribution in [3.05, 3.63) is 29.8 Å². The van der Waals surface area contributed by atoms with Crippen LogP contribution in [0, 0.1) is 5.92 Å². The van der Waals surface area contributed by atoms with E-state index in [1.807, 2.05) is 12.1 Å². The number of carbonyl (C=O) groups is 1. The third-order valence-electron chi connectivity index (χ3n) is 4.38. The molecule has 1 amide bonds. The second kappa shape index (κ2) is 11.1. The van der Waals surface area contributed by atoms with Crippen LogP contribution in [0.4, 0.5) is 0 Å². The van der Waals surface area contributed by atoms with Gasteiger partial charge in [-0.3, -0.25) is 4.79 Å². The summed E-state index contributed by atoms with van der Waals surface area (Å²) >= 11 is 0. The van der Waals surface area contributed by atoms with E-state index in [2.05, 4.69) is 37.8 Å². The lowest BCUT2D eigenvalue weighted by atomic mass is 10.1. The van der Waals surface area contributed by atoms with E-state index in [0.29, 0.717) is 18.2 Å². The lowest BCUT2D eigenvalue weighted by molar-refractivity contribution is -0.132. The molecular weight excluding hydrogens is 286 g/mol. The van der Waals surface area contributed by atoms with Gasteiger partial charge in [-0.05, 0) is 42.9 Å². The van der Waals surface area contributed by atoms with Gasteiger partial charge in [0, 0.05) is 19.5 Å². The fraction of sp³-hybridized carbons (Fsp3) is 0.650. The van der Waals surface area contributed by atoms with Gasteiger partial charge < -0.3 is 9.64 Å². The topological polar surface area (TPSA) is 29.5 Å². The number of benzene rings is 1. The number of hydrogen-bond donors (Lipinski definition) is 0. The SMILES string of the molecule is CCCCN(CC(C)CC)C(=O)CCCc1ccc(OC)cc1. The summed E-state index contributed by atoms with van der Waals surface area (Å²) in [4.78, 5) is 14.6. The molecule has 23 heavy (non-hydrogen) atoms. The van der Waals surface area contributed by atoms with Crippen LogP contribution in [0.15, 0.2) is 24.3 Å². The Labute approximate surface area is 142 Å².